The molecule has 0 amide bonds. The first-order valence-electron chi connectivity index (χ1n) is 9.12. The van der Waals surface area contributed by atoms with Gasteiger partial charge in [-0.25, -0.2) is 0 Å². The fraction of sp³-hybridized carbons (Fsp3) is 1.00. The van der Waals surface area contributed by atoms with Gasteiger partial charge >= 0.3 is 0 Å². The van der Waals surface area contributed by atoms with Gasteiger partial charge in [0.2, 0.25) is 0 Å². The van der Waals surface area contributed by atoms with Gasteiger partial charge in [0.05, 0.1) is 0 Å². The molecule has 0 saturated heterocycles. The molecule has 3 atom stereocenters. The van der Waals surface area contributed by atoms with Crippen LogP contribution >= 0.6 is 0 Å². The van der Waals surface area contributed by atoms with Crippen molar-refractivity contribution in [3.05, 3.63) is 0 Å². The summed E-state index contributed by atoms with van der Waals surface area (Å²) in [4.78, 5) is 0. The lowest BCUT2D eigenvalue weighted by Gasteiger charge is -2.47. The summed E-state index contributed by atoms with van der Waals surface area (Å²) in [6, 6.07) is 0.285. The summed E-state index contributed by atoms with van der Waals surface area (Å²) in [6.07, 6.45) is 1.08. The van der Waals surface area contributed by atoms with Gasteiger partial charge in [-0.3, -0.25) is 0 Å². The zero-order valence-electron chi connectivity index (χ0n) is 17.2. The predicted octanol–water partition coefficient (Wildman–Crippen LogP) is 4.99. The Morgan fingerprint density at radius 1 is 0.826 bits per heavy atom. The Labute approximate surface area is 147 Å². The third kappa shape index (κ3) is 5.14. The molecule has 0 unspecified atom stereocenters. The van der Waals surface area contributed by atoms with E-state index in [0.717, 1.165) is 19.6 Å². The Morgan fingerprint density at radius 3 is 1.57 bits per heavy atom. The van der Waals surface area contributed by atoms with Crippen molar-refractivity contribution < 1.29 is 8.85 Å². The molecule has 1 fully saturated rings. The number of rotatable bonds is 6. The van der Waals surface area contributed by atoms with Crippen molar-refractivity contribution in [2.24, 2.45) is 17.6 Å². The zero-order valence-corrected chi connectivity index (χ0v) is 19.2. The van der Waals surface area contributed by atoms with Crippen LogP contribution < -0.4 is 5.73 Å². The molecule has 23 heavy (non-hydrogen) atoms. The van der Waals surface area contributed by atoms with Gasteiger partial charge in [-0.05, 0) is 48.6 Å². The van der Waals surface area contributed by atoms with Crippen LogP contribution in [0.4, 0.5) is 0 Å². The van der Waals surface area contributed by atoms with E-state index in [-0.39, 0.29) is 16.1 Å². The molecule has 1 rings (SSSR count). The number of hydrogen-bond donors (Lipinski definition) is 1. The van der Waals surface area contributed by atoms with Crippen LogP contribution in [0.1, 0.15) is 48.0 Å². The normalized spacial score (nSPS) is 27.0. The molecule has 1 aliphatic carbocycles. The van der Waals surface area contributed by atoms with Gasteiger partial charge in [0, 0.05) is 25.2 Å². The van der Waals surface area contributed by atoms with E-state index in [2.05, 4.69) is 67.7 Å². The van der Waals surface area contributed by atoms with E-state index in [9.17, 15) is 0 Å². The average molecular weight is 360 g/mol. The summed E-state index contributed by atoms with van der Waals surface area (Å²) in [5.74, 6) is 1.04. The maximum Gasteiger partial charge on any atom is 0.191 e. The first-order chi connectivity index (χ1) is 10.1. The molecule has 0 aliphatic heterocycles. The average Bonchev–Trinajstić information content (AvgIpc) is 2.31. The highest BCUT2D eigenvalue weighted by atomic mass is 28.4. The van der Waals surface area contributed by atoms with Gasteiger partial charge in [0.1, 0.15) is 0 Å². The molecule has 2 N–H and O–H groups in total. The Morgan fingerprint density at radius 2 is 1.22 bits per heavy atom. The van der Waals surface area contributed by atoms with E-state index in [1.54, 1.807) is 0 Å². The summed E-state index contributed by atoms with van der Waals surface area (Å²) in [6.45, 7) is 24.7. The SMILES string of the molecule is CC(C)(C)[Si](C)(C)OC[C@H]1C[C@H](N)[C@H]1CO[Si](C)(C)C(C)(C)C. The van der Waals surface area contributed by atoms with Gasteiger partial charge in [0.25, 0.3) is 0 Å². The monoisotopic (exact) mass is 359 g/mol. The van der Waals surface area contributed by atoms with Gasteiger partial charge in [-0.2, -0.15) is 0 Å². The van der Waals surface area contributed by atoms with Crippen molar-refractivity contribution in [3.63, 3.8) is 0 Å². The first-order valence-corrected chi connectivity index (χ1v) is 14.9. The largest absolute Gasteiger partial charge is 0.417 e. The highest BCUT2D eigenvalue weighted by Crippen LogP contribution is 2.41. The van der Waals surface area contributed by atoms with Crippen LogP contribution in [-0.4, -0.2) is 35.9 Å². The highest BCUT2D eigenvalue weighted by molar-refractivity contribution is 6.74. The molecule has 5 heteroatoms. The van der Waals surface area contributed by atoms with Crippen LogP contribution in [0.2, 0.25) is 36.3 Å². The third-order valence-corrected chi connectivity index (χ3v) is 15.6. The van der Waals surface area contributed by atoms with E-state index in [0.29, 0.717) is 11.8 Å². The van der Waals surface area contributed by atoms with Crippen LogP contribution in [0.3, 0.4) is 0 Å². The van der Waals surface area contributed by atoms with Crippen molar-refractivity contribution in [1.29, 1.82) is 0 Å². The fourth-order valence-electron chi connectivity index (χ4n) is 2.36. The summed E-state index contributed by atoms with van der Waals surface area (Å²) in [5, 5.41) is 0.528. The molecule has 3 nitrogen and oxygen atoms in total. The van der Waals surface area contributed by atoms with Gasteiger partial charge in [0.15, 0.2) is 16.6 Å². The van der Waals surface area contributed by atoms with Gasteiger partial charge in [-0.15, -0.1) is 0 Å². The predicted molar refractivity (Wildman–Crippen MR) is 106 cm³/mol. The Hall–Kier alpha value is 0.314. The highest BCUT2D eigenvalue weighted by Gasteiger charge is 2.44. The van der Waals surface area contributed by atoms with E-state index < -0.39 is 16.6 Å². The number of hydrogen-bond acceptors (Lipinski definition) is 3. The van der Waals surface area contributed by atoms with Crippen LogP contribution in [0.25, 0.3) is 0 Å². The summed E-state index contributed by atoms with van der Waals surface area (Å²) < 4.78 is 12.8. The second kappa shape index (κ2) is 6.91. The minimum Gasteiger partial charge on any atom is -0.417 e. The summed E-state index contributed by atoms with van der Waals surface area (Å²) in [7, 11) is -3.35. The lowest BCUT2D eigenvalue weighted by atomic mass is 9.70. The fourth-order valence-corrected chi connectivity index (χ4v) is 4.46. The Bertz CT molecular complexity index is 397. The molecular weight excluding hydrogens is 318 g/mol. The maximum absolute atomic E-state index is 6.41. The summed E-state index contributed by atoms with van der Waals surface area (Å²) >= 11 is 0. The Kier molecular flexibility index (Phi) is 6.41. The molecular formula is C18H41NO2Si2. The van der Waals surface area contributed by atoms with E-state index in [4.69, 9.17) is 14.6 Å². The Balaban J connectivity index is 2.55. The topological polar surface area (TPSA) is 44.5 Å². The van der Waals surface area contributed by atoms with Crippen LogP contribution in [0.5, 0.6) is 0 Å². The third-order valence-electron chi connectivity index (χ3n) is 6.64. The second-order valence-electron chi connectivity index (χ2n) is 10.5. The maximum atomic E-state index is 6.41. The standard InChI is InChI=1S/C18H41NO2Si2/c1-17(2,3)22(7,8)20-12-14-11-16(19)15(14)13-21-23(9,10)18(4,5)6/h14-16H,11-13,19H2,1-10H3/t14-,15+,16+/m1/s1. The molecule has 0 radical (unpaired) electrons. The van der Waals surface area contributed by atoms with Crippen LogP contribution in [0, 0.1) is 11.8 Å². The first kappa shape index (κ1) is 21.4. The molecule has 0 aromatic rings. The smallest absolute Gasteiger partial charge is 0.191 e. The van der Waals surface area contributed by atoms with E-state index in [1.165, 1.54) is 0 Å². The lowest BCUT2D eigenvalue weighted by molar-refractivity contribution is 0.0323. The molecule has 0 spiro atoms. The molecule has 1 aliphatic rings. The van der Waals surface area contributed by atoms with Crippen LogP contribution in [-0.2, 0) is 8.85 Å². The molecule has 0 heterocycles. The minimum atomic E-state index is -1.69. The van der Waals surface area contributed by atoms with E-state index in [1.807, 2.05) is 0 Å². The van der Waals surface area contributed by atoms with Gasteiger partial charge < -0.3 is 14.6 Å². The molecule has 1 saturated carbocycles. The quantitative estimate of drug-likeness (QED) is 0.679. The van der Waals surface area contributed by atoms with E-state index >= 15 is 0 Å². The summed E-state index contributed by atoms with van der Waals surface area (Å²) in [5.41, 5.74) is 6.27. The second-order valence-corrected chi connectivity index (χ2v) is 20.1. The molecule has 0 bridgehead atoms. The molecule has 138 valence electrons. The number of nitrogens with two attached hydrogens (primary N) is 1. The van der Waals surface area contributed by atoms with Crippen molar-refractivity contribution >= 4 is 16.6 Å². The zero-order chi connectivity index (χ0) is 18.3. The van der Waals surface area contributed by atoms with Crippen molar-refractivity contribution in [2.45, 2.75) is 90.3 Å². The van der Waals surface area contributed by atoms with Crippen LogP contribution in [0.15, 0.2) is 0 Å². The van der Waals surface area contributed by atoms with Crippen molar-refractivity contribution in [2.75, 3.05) is 13.2 Å². The van der Waals surface area contributed by atoms with Gasteiger partial charge in [-0.1, -0.05) is 41.5 Å². The van der Waals surface area contributed by atoms with Crippen molar-refractivity contribution in [1.82, 2.24) is 0 Å². The molecule has 0 aromatic carbocycles. The minimum absolute atomic E-state index is 0.258. The van der Waals surface area contributed by atoms with Crippen molar-refractivity contribution in [3.8, 4) is 0 Å². The lowest BCUT2D eigenvalue weighted by Crippen LogP contribution is -2.55. The molecule has 0 aromatic heterocycles.